The van der Waals surface area contributed by atoms with Crippen LogP contribution in [0.1, 0.15) is 11.1 Å². The SMILES string of the molecule is Cc1cccc(C)c1-n1c(=O)[nH]c2cc(F)ccc21. The number of hydrogen-bond donors (Lipinski definition) is 1. The molecule has 1 heterocycles. The van der Waals surface area contributed by atoms with E-state index in [4.69, 9.17) is 0 Å². The summed E-state index contributed by atoms with van der Waals surface area (Å²) in [7, 11) is 0. The van der Waals surface area contributed by atoms with Crippen LogP contribution in [0.15, 0.2) is 41.2 Å². The number of rotatable bonds is 1. The first-order valence-electron chi connectivity index (χ1n) is 6.05. The van der Waals surface area contributed by atoms with Crippen LogP contribution < -0.4 is 5.69 Å². The van der Waals surface area contributed by atoms with Crippen LogP contribution in [0, 0.1) is 19.7 Å². The van der Waals surface area contributed by atoms with E-state index < -0.39 is 0 Å². The molecule has 0 saturated heterocycles. The summed E-state index contributed by atoms with van der Waals surface area (Å²) >= 11 is 0. The largest absolute Gasteiger partial charge is 0.331 e. The number of halogens is 1. The number of hydrogen-bond acceptors (Lipinski definition) is 1. The van der Waals surface area contributed by atoms with Gasteiger partial charge in [-0.15, -0.1) is 0 Å². The van der Waals surface area contributed by atoms with Crippen LogP contribution in [-0.2, 0) is 0 Å². The molecule has 3 nitrogen and oxygen atoms in total. The molecular formula is C15H13FN2O. The van der Waals surface area contributed by atoms with Gasteiger partial charge >= 0.3 is 5.69 Å². The Bertz CT molecular complexity index is 810. The normalized spacial score (nSPS) is 11.1. The molecular weight excluding hydrogens is 243 g/mol. The number of nitrogens with zero attached hydrogens (tertiary/aromatic N) is 1. The minimum absolute atomic E-state index is 0.252. The quantitative estimate of drug-likeness (QED) is 0.714. The van der Waals surface area contributed by atoms with Crippen molar-refractivity contribution in [1.29, 1.82) is 0 Å². The fourth-order valence-corrected chi connectivity index (χ4v) is 2.46. The van der Waals surface area contributed by atoms with Crippen LogP contribution in [0.2, 0.25) is 0 Å². The van der Waals surface area contributed by atoms with Gasteiger partial charge in [0.05, 0.1) is 16.7 Å². The molecule has 3 aromatic rings. The average Bonchev–Trinajstić information content (AvgIpc) is 2.65. The maximum atomic E-state index is 13.2. The predicted molar refractivity (Wildman–Crippen MR) is 73.3 cm³/mol. The van der Waals surface area contributed by atoms with Gasteiger partial charge in [0.1, 0.15) is 5.82 Å². The maximum absolute atomic E-state index is 13.2. The van der Waals surface area contributed by atoms with Crippen molar-refractivity contribution < 1.29 is 4.39 Å². The highest BCUT2D eigenvalue weighted by Crippen LogP contribution is 2.22. The molecule has 0 saturated carbocycles. The minimum atomic E-state index is -0.359. The lowest BCUT2D eigenvalue weighted by atomic mass is 10.1. The van der Waals surface area contributed by atoms with E-state index in [0.29, 0.717) is 11.0 Å². The molecule has 0 bridgehead atoms. The second-order valence-electron chi connectivity index (χ2n) is 4.67. The smallest absolute Gasteiger partial charge is 0.305 e. The third-order valence-electron chi connectivity index (χ3n) is 3.31. The van der Waals surface area contributed by atoms with E-state index in [-0.39, 0.29) is 11.5 Å². The molecule has 0 atom stereocenters. The summed E-state index contributed by atoms with van der Waals surface area (Å²) in [6, 6.07) is 10.2. The summed E-state index contributed by atoms with van der Waals surface area (Å²) in [5.74, 6) is -0.359. The first kappa shape index (κ1) is 11.7. The Morgan fingerprint density at radius 2 is 1.79 bits per heavy atom. The highest BCUT2D eigenvalue weighted by molar-refractivity contribution is 5.78. The topological polar surface area (TPSA) is 37.8 Å². The van der Waals surface area contributed by atoms with Gasteiger partial charge in [-0.3, -0.25) is 4.57 Å². The first-order chi connectivity index (χ1) is 9.08. The molecule has 0 aliphatic carbocycles. The molecule has 19 heavy (non-hydrogen) atoms. The molecule has 0 aliphatic rings. The number of imidazole rings is 1. The molecule has 0 fully saturated rings. The fraction of sp³-hybridized carbons (Fsp3) is 0.133. The Morgan fingerprint density at radius 1 is 1.11 bits per heavy atom. The van der Waals surface area contributed by atoms with Crippen molar-refractivity contribution in [3.63, 3.8) is 0 Å². The minimum Gasteiger partial charge on any atom is -0.305 e. The average molecular weight is 256 g/mol. The second-order valence-corrected chi connectivity index (χ2v) is 4.67. The van der Waals surface area contributed by atoms with E-state index in [1.807, 2.05) is 32.0 Å². The summed E-state index contributed by atoms with van der Waals surface area (Å²) in [6.07, 6.45) is 0. The fourth-order valence-electron chi connectivity index (χ4n) is 2.46. The van der Waals surface area contributed by atoms with Crippen molar-refractivity contribution in [2.24, 2.45) is 0 Å². The van der Waals surface area contributed by atoms with Crippen LogP contribution in [0.3, 0.4) is 0 Å². The van der Waals surface area contributed by atoms with Gasteiger partial charge in [0, 0.05) is 0 Å². The summed E-state index contributed by atoms with van der Waals surface area (Å²) in [4.78, 5) is 14.8. The number of H-pyrrole nitrogens is 1. The standard InChI is InChI=1S/C15H13FN2O/c1-9-4-3-5-10(2)14(9)18-13-7-6-11(16)8-12(13)17-15(18)19/h3-8H,1-2H3,(H,17,19). The van der Waals surface area contributed by atoms with Gasteiger partial charge in [-0.2, -0.15) is 0 Å². The maximum Gasteiger partial charge on any atom is 0.331 e. The number of nitrogens with one attached hydrogen (secondary N) is 1. The Morgan fingerprint density at radius 3 is 2.47 bits per heavy atom. The van der Waals surface area contributed by atoms with E-state index in [1.54, 1.807) is 10.6 Å². The molecule has 0 spiro atoms. The summed E-state index contributed by atoms with van der Waals surface area (Å²) in [5.41, 5.74) is 3.81. The molecule has 4 heteroatoms. The lowest BCUT2D eigenvalue weighted by Crippen LogP contribution is -2.16. The molecule has 0 aliphatic heterocycles. The van der Waals surface area contributed by atoms with Crippen LogP contribution >= 0.6 is 0 Å². The Hall–Kier alpha value is -2.36. The van der Waals surface area contributed by atoms with Crippen LogP contribution in [0.25, 0.3) is 16.7 Å². The molecule has 0 unspecified atom stereocenters. The van der Waals surface area contributed by atoms with Gasteiger partial charge in [-0.05, 0) is 43.2 Å². The molecule has 0 radical (unpaired) electrons. The third-order valence-corrected chi connectivity index (χ3v) is 3.31. The van der Waals surface area contributed by atoms with Crippen molar-refractivity contribution >= 4 is 11.0 Å². The van der Waals surface area contributed by atoms with Crippen LogP contribution in [0.4, 0.5) is 4.39 Å². The van der Waals surface area contributed by atoms with Crippen molar-refractivity contribution in [3.05, 3.63) is 63.8 Å². The van der Waals surface area contributed by atoms with Crippen molar-refractivity contribution in [2.45, 2.75) is 13.8 Å². The number of aromatic nitrogens is 2. The van der Waals surface area contributed by atoms with Crippen molar-refractivity contribution in [2.75, 3.05) is 0 Å². The zero-order valence-corrected chi connectivity index (χ0v) is 10.7. The number of aryl methyl sites for hydroxylation is 2. The van der Waals surface area contributed by atoms with Gasteiger partial charge < -0.3 is 4.98 Å². The number of para-hydroxylation sites is 1. The Kier molecular flexibility index (Phi) is 2.52. The van der Waals surface area contributed by atoms with Gasteiger partial charge in [0.15, 0.2) is 0 Å². The molecule has 0 amide bonds. The molecule has 1 aromatic heterocycles. The summed E-state index contributed by atoms with van der Waals surface area (Å²) in [5, 5.41) is 0. The molecule has 1 N–H and O–H groups in total. The third kappa shape index (κ3) is 1.76. The van der Waals surface area contributed by atoms with E-state index in [2.05, 4.69) is 4.98 Å². The summed E-state index contributed by atoms with van der Waals surface area (Å²) < 4.78 is 14.8. The van der Waals surface area contributed by atoms with Gasteiger partial charge in [0.25, 0.3) is 0 Å². The number of aromatic amines is 1. The van der Waals surface area contributed by atoms with Crippen LogP contribution in [-0.4, -0.2) is 9.55 Å². The highest BCUT2D eigenvalue weighted by atomic mass is 19.1. The van der Waals surface area contributed by atoms with Crippen LogP contribution in [0.5, 0.6) is 0 Å². The second kappa shape index (κ2) is 4.09. The van der Waals surface area contributed by atoms with Gasteiger partial charge in [0.2, 0.25) is 0 Å². The zero-order chi connectivity index (χ0) is 13.6. The number of fused-ring (bicyclic) bond motifs is 1. The summed E-state index contributed by atoms with van der Waals surface area (Å²) in [6.45, 7) is 3.91. The van der Waals surface area contributed by atoms with Gasteiger partial charge in [-0.25, -0.2) is 9.18 Å². The monoisotopic (exact) mass is 256 g/mol. The van der Waals surface area contributed by atoms with E-state index in [1.165, 1.54) is 12.1 Å². The molecule has 3 rings (SSSR count). The highest BCUT2D eigenvalue weighted by Gasteiger charge is 2.12. The predicted octanol–water partition coefficient (Wildman–Crippen LogP) is 3.07. The van der Waals surface area contributed by atoms with Crippen molar-refractivity contribution in [3.8, 4) is 5.69 Å². The van der Waals surface area contributed by atoms with Crippen molar-refractivity contribution in [1.82, 2.24) is 9.55 Å². The Labute approximate surface area is 109 Å². The van der Waals surface area contributed by atoms with E-state index in [9.17, 15) is 9.18 Å². The number of benzene rings is 2. The van der Waals surface area contributed by atoms with E-state index in [0.717, 1.165) is 16.8 Å². The molecule has 2 aromatic carbocycles. The molecule has 96 valence electrons. The lowest BCUT2D eigenvalue weighted by molar-refractivity contribution is 0.629. The van der Waals surface area contributed by atoms with E-state index >= 15 is 0 Å². The van der Waals surface area contributed by atoms with Gasteiger partial charge in [-0.1, -0.05) is 18.2 Å². The lowest BCUT2D eigenvalue weighted by Gasteiger charge is -2.10. The first-order valence-corrected chi connectivity index (χ1v) is 6.05. The Balaban J connectivity index is 2.43. The zero-order valence-electron chi connectivity index (χ0n) is 10.7.